The van der Waals surface area contributed by atoms with Gasteiger partial charge in [-0.1, -0.05) is 6.92 Å². The van der Waals surface area contributed by atoms with Crippen LogP contribution in [-0.2, 0) is 4.74 Å². The Morgan fingerprint density at radius 2 is 2.10 bits per heavy atom. The van der Waals surface area contributed by atoms with E-state index in [4.69, 9.17) is 10.5 Å². The molecular weight excluding hydrogens is 146 g/mol. The maximum atomic E-state index is 5.31. The van der Waals surface area contributed by atoms with E-state index in [0.717, 1.165) is 37.7 Å². The molecule has 0 aromatic carbocycles. The van der Waals surface area contributed by atoms with Gasteiger partial charge in [0.25, 0.3) is 0 Å². The quantitative estimate of drug-likeness (QED) is 0.571. The molecule has 0 fully saturated rings. The molecule has 0 saturated heterocycles. The van der Waals surface area contributed by atoms with Crippen LogP contribution in [0.15, 0.2) is 0 Å². The van der Waals surface area contributed by atoms with E-state index in [0.29, 0.717) is 0 Å². The third kappa shape index (κ3) is 8.27. The molecule has 3 heteroatoms. The van der Waals surface area contributed by atoms with E-state index in [2.05, 4.69) is 6.92 Å². The third-order valence-electron chi connectivity index (χ3n) is 0.983. The first-order chi connectivity index (χ1) is 4.91. The molecule has 2 nitrogen and oxygen atoms in total. The first kappa shape index (κ1) is 10.3. The number of rotatable bonds is 7. The summed E-state index contributed by atoms with van der Waals surface area (Å²) in [5, 5.41) is 0. The Labute approximate surface area is 67.5 Å². The fourth-order valence-corrected chi connectivity index (χ4v) is 1.16. The van der Waals surface area contributed by atoms with Gasteiger partial charge in [0.1, 0.15) is 0 Å². The molecule has 0 aliphatic carbocycles. The molecule has 0 atom stereocenters. The van der Waals surface area contributed by atoms with Gasteiger partial charge in [-0.05, 0) is 6.42 Å². The van der Waals surface area contributed by atoms with Crippen molar-refractivity contribution in [2.24, 2.45) is 5.73 Å². The fraction of sp³-hybridized carbons (Fsp3) is 1.00. The number of nitrogens with two attached hydrogens (primary N) is 1. The average molecular weight is 163 g/mol. The van der Waals surface area contributed by atoms with Gasteiger partial charge in [-0.3, -0.25) is 0 Å². The molecule has 0 aromatic heterocycles. The molecule has 0 unspecified atom stereocenters. The Morgan fingerprint density at radius 3 is 2.70 bits per heavy atom. The highest BCUT2D eigenvalue weighted by Gasteiger charge is 1.86. The van der Waals surface area contributed by atoms with Crippen LogP contribution in [0.5, 0.6) is 0 Å². The van der Waals surface area contributed by atoms with E-state index in [1.54, 1.807) is 0 Å². The van der Waals surface area contributed by atoms with Gasteiger partial charge in [0.05, 0.1) is 6.61 Å². The molecule has 0 saturated carbocycles. The van der Waals surface area contributed by atoms with Crippen LogP contribution in [0.1, 0.15) is 13.3 Å². The second-order valence-electron chi connectivity index (χ2n) is 2.01. The molecule has 0 rings (SSSR count). The molecule has 0 aliphatic heterocycles. The lowest BCUT2D eigenvalue weighted by molar-refractivity contribution is 0.151. The summed E-state index contributed by atoms with van der Waals surface area (Å²) in [5.41, 5.74) is 5.31. The van der Waals surface area contributed by atoms with Gasteiger partial charge in [-0.25, -0.2) is 0 Å². The van der Waals surface area contributed by atoms with Crippen molar-refractivity contribution in [3.05, 3.63) is 0 Å². The largest absolute Gasteiger partial charge is 0.381 e. The van der Waals surface area contributed by atoms with E-state index in [-0.39, 0.29) is 0 Å². The molecule has 0 aromatic rings. The van der Waals surface area contributed by atoms with Crippen molar-refractivity contribution in [1.82, 2.24) is 0 Å². The summed E-state index contributed by atoms with van der Waals surface area (Å²) in [7, 11) is 0. The predicted molar refractivity (Wildman–Crippen MR) is 47.5 cm³/mol. The van der Waals surface area contributed by atoms with E-state index in [9.17, 15) is 0 Å². The topological polar surface area (TPSA) is 35.2 Å². The maximum absolute atomic E-state index is 5.31. The second-order valence-corrected chi connectivity index (χ2v) is 3.24. The Kier molecular flexibility index (Phi) is 9.52. The van der Waals surface area contributed by atoms with Crippen LogP contribution in [0, 0.1) is 0 Å². The zero-order chi connectivity index (χ0) is 7.66. The van der Waals surface area contributed by atoms with Gasteiger partial charge < -0.3 is 10.5 Å². The van der Waals surface area contributed by atoms with Gasteiger partial charge in [-0.2, -0.15) is 11.8 Å². The van der Waals surface area contributed by atoms with Gasteiger partial charge >= 0.3 is 0 Å². The second kappa shape index (κ2) is 9.27. The number of hydrogen-bond acceptors (Lipinski definition) is 3. The minimum atomic E-state index is 0.776. The van der Waals surface area contributed by atoms with E-state index in [1.165, 1.54) is 0 Å². The lowest BCUT2D eigenvalue weighted by atomic mass is 10.5. The average Bonchev–Trinajstić information content (AvgIpc) is 1.97. The number of ether oxygens (including phenoxy) is 1. The summed E-state index contributed by atoms with van der Waals surface area (Å²) in [4.78, 5) is 0. The molecular formula is C7H17NOS. The minimum Gasteiger partial charge on any atom is -0.381 e. The first-order valence-corrected chi connectivity index (χ1v) is 4.92. The minimum absolute atomic E-state index is 0.776. The molecule has 62 valence electrons. The molecule has 10 heavy (non-hydrogen) atoms. The van der Waals surface area contributed by atoms with Crippen molar-refractivity contribution in [2.45, 2.75) is 13.3 Å². The first-order valence-electron chi connectivity index (χ1n) is 3.77. The van der Waals surface area contributed by atoms with Gasteiger partial charge in [0.15, 0.2) is 0 Å². The monoisotopic (exact) mass is 163 g/mol. The lowest BCUT2D eigenvalue weighted by Crippen LogP contribution is -2.04. The molecule has 0 radical (unpaired) electrons. The van der Waals surface area contributed by atoms with Crippen molar-refractivity contribution in [3.63, 3.8) is 0 Å². The van der Waals surface area contributed by atoms with Crippen LogP contribution < -0.4 is 5.73 Å². The zero-order valence-electron chi connectivity index (χ0n) is 6.64. The zero-order valence-corrected chi connectivity index (χ0v) is 7.45. The van der Waals surface area contributed by atoms with Crippen LogP contribution in [0.3, 0.4) is 0 Å². The summed E-state index contributed by atoms with van der Waals surface area (Å²) in [5.74, 6) is 2.13. The summed E-state index contributed by atoms with van der Waals surface area (Å²) in [6, 6.07) is 0. The molecule has 2 N–H and O–H groups in total. The summed E-state index contributed by atoms with van der Waals surface area (Å²) in [6.07, 6.45) is 1.11. The Bertz CT molecular complexity index is 53.6. The lowest BCUT2D eigenvalue weighted by Gasteiger charge is -2.00. The molecule has 0 spiro atoms. The van der Waals surface area contributed by atoms with Crippen LogP contribution in [-0.4, -0.2) is 31.3 Å². The van der Waals surface area contributed by atoms with Gasteiger partial charge in [0, 0.05) is 24.7 Å². The highest BCUT2D eigenvalue weighted by Crippen LogP contribution is 1.96. The van der Waals surface area contributed by atoms with Crippen LogP contribution in [0.4, 0.5) is 0 Å². The third-order valence-corrected chi connectivity index (χ3v) is 1.96. The standard InChI is InChI=1S/C7H17NOS/c1-2-4-9-5-7-10-6-3-8/h2-8H2,1H3. The summed E-state index contributed by atoms with van der Waals surface area (Å²) < 4.78 is 5.27. The van der Waals surface area contributed by atoms with Crippen LogP contribution in [0.2, 0.25) is 0 Å². The van der Waals surface area contributed by atoms with Gasteiger partial charge in [0.2, 0.25) is 0 Å². The highest BCUT2D eigenvalue weighted by atomic mass is 32.2. The molecule has 0 aliphatic rings. The van der Waals surface area contributed by atoms with Crippen molar-refractivity contribution in [3.8, 4) is 0 Å². The fourth-order valence-electron chi connectivity index (χ4n) is 0.550. The van der Waals surface area contributed by atoms with Crippen molar-refractivity contribution >= 4 is 11.8 Å². The Morgan fingerprint density at radius 1 is 1.30 bits per heavy atom. The van der Waals surface area contributed by atoms with Crippen LogP contribution in [0.25, 0.3) is 0 Å². The van der Waals surface area contributed by atoms with Crippen LogP contribution >= 0.6 is 11.8 Å². The molecule has 0 bridgehead atoms. The number of hydrogen-bond donors (Lipinski definition) is 1. The van der Waals surface area contributed by atoms with Crippen molar-refractivity contribution in [2.75, 3.05) is 31.3 Å². The summed E-state index contributed by atoms with van der Waals surface area (Å²) in [6.45, 7) is 4.66. The molecule has 0 heterocycles. The highest BCUT2D eigenvalue weighted by molar-refractivity contribution is 7.99. The van der Waals surface area contributed by atoms with Crippen molar-refractivity contribution < 1.29 is 4.74 Å². The Hall–Kier alpha value is 0.270. The SMILES string of the molecule is CCCOCCSCCN. The molecule has 0 amide bonds. The van der Waals surface area contributed by atoms with Gasteiger partial charge in [-0.15, -0.1) is 0 Å². The normalized spacial score (nSPS) is 10.2. The summed E-state index contributed by atoms with van der Waals surface area (Å²) >= 11 is 1.85. The Balaban J connectivity index is 2.65. The van der Waals surface area contributed by atoms with E-state index >= 15 is 0 Å². The number of thioether (sulfide) groups is 1. The van der Waals surface area contributed by atoms with E-state index in [1.807, 2.05) is 11.8 Å². The smallest absolute Gasteiger partial charge is 0.0556 e. The predicted octanol–water partition coefficient (Wildman–Crippen LogP) is 1.10. The maximum Gasteiger partial charge on any atom is 0.0556 e. The van der Waals surface area contributed by atoms with E-state index < -0.39 is 0 Å². The van der Waals surface area contributed by atoms with Crippen molar-refractivity contribution in [1.29, 1.82) is 0 Å².